The molecular formula is C15H32N4O3. The van der Waals surface area contributed by atoms with Crippen LogP contribution in [0.3, 0.4) is 0 Å². The van der Waals surface area contributed by atoms with E-state index in [0.29, 0.717) is 32.1 Å². The van der Waals surface area contributed by atoms with Gasteiger partial charge in [0.25, 0.3) is 0 Å². The third kappa shape index (κ3) is 20.8. The van der Waals surface area contributed by atoms with Gasteiger partial charge < -0.3 is 16.0 Å². The van der Waals surface area contributed by atoms with Gasteiger partial charge in [0.05, 0.1) is 13.1 Å². The van der Waals surface area contributed by atoms with E-state index in [4.69, 9.17) is 4.91 Å². The summed E-state index contributed by atoms with van der Waals surface area (Å²) >= 11 is 0. The molecule has 0 fully saturated rings. The molecule has 130 valence electrons. The lowest BCUT2D eigenvalue weighted by atomic mass is 10.2. The van der Waals surface area contributed by atoms with Crippen LogP contribution in [0, 0.1) is 4.91 Å². The highest BCUT2D eigenvalue weighted by Gasteiger charge is 2.04. The predicted octanol–water partition coefficient (Wildman–Crippen LogP) is 1.57. The van der Waals surface area contributed by atoms with Gasteiger partial charge in [-0.05, 0) is 13.3 Å². The Balaban J connectivity index is 0. The molecule has 0 spiro atoms. The minimum atomic E-state index is -0.115. The van der Waals surface area contributed by atoms with E-state index in [1.54, 1.807) is 6.92 Å². The zero-order chi connectivity index (χ0) is 17.2. The molecule has 3 N–H and O–H groups in total. The highest BCUT2D eigenvalue weighted by atomic mass is 16.3. The van der Waals surface area contributed by atoms with Gasteiger partial charge in [-0.1, -0.05) is 38.8 Å². The molecule has 22 heavy (non-hydrogen) atoms. The van der Waals surface area contributed by atoms with Crippen molar-refractivity contribution >= 4 is 11.8 Å². The Labute approximate surface area is 134 Å². The first-order valence-electron chi connectivity index (χ1n) is 8.03. The highest BCUT2D eigenvalue weighted by Crippen LogP contribution is 1.90. The van der Waals surface area contributed by atoms with Gasteiger partial charge in [-0.3, -0.25) is 9.59 Å². The van der Waals surface area contributed by atoms with Crippen molar-refractivity contribution in [2.75, 3.05) is 26.2 Å². The number of nitroso groups, excluding NO2 is 1. The largest absolute Gasteiger partial charge is 0.355 e. The molecule has 0 aliphatic carbocycles. The summed E-state index contributed by atoms with van der Waals surface area (Å²) in [5.41, 5.74) is 0. The van der Waals surface area contributed by atoms with Crippen LogP contribution >= 0.6 is 0 Å². The third-order valence-electron chi connectivity index (χ3n) is 2.58. The van der Waals surface area contributed by atoms with Crippen LogP contribution in [-0.2, 0) is 9.59 Å². The van der Waals surface area contributed by atoms with Crippen LogP contribution in [-0.4, -0.2) is 44.0 Å². The molecule has 0 aliphatic heterocycles. The quantitative estimate of drug-likeness (QED) is 0.398. The number of carbonyl (C=O) groups is 2. The van der Waals surface area contributed by atoms with E-state index in [1.165, 1.54) is 0 Å². The Morgan fingerprint density at radius 3 is 2.14 bits per heavy atom. The van der Waals surface area contributed by atoms with Crippen LogP contribution in [0.1, 0.15) is 53.4 Å². The predicted molar refractivity (Wildman–Crippen MR) is 89.6 cm³/mol. The molecule has 0 unspecified atom stereocenters. The molecule has 0 heterocycles. The molecule has 7 heteroatoms. The smallest absolute Gasteiger partial charge is 0.239 e. The number of hydrogen-bond donors (Lipinski definition) is 3. The molecule has 0 aliphatic rings. The normalized spacial score (nSPS) is 9.68. The average Bonchev–Trinajstić information content (AvgIpc) is 2.49. The monoisotopic (exact) mass is 316 g/mol. The lowest BCUT2D eigenvalue weighted by Crippen LogP contribution is -2.38. The number of nitrogens with zero attached hydrogens (tertiary/aromatic N) is 1. The number of unbranched alkanes of at least 4 members (excludes halogenated alkanes) is 2. The maximum Gasteiger partial charge on any atom is 0.239 e. The van der Waals surface area contributed by atoms with Gasteiger partial charge in [-0.2, -0.15) is 4.91 Å². The van der Waals surface area contributed by atoms with Crippen molar-refractivity contribution in [2.45, 2.75) is 59.4 Å². The van der Waals surface area contributed by atoms with Gasteiger partial charge in [0.2, 0.25) is 11.8 Å². The molecular weight excluding hydrogens is 284 g/mol. The molecule has 0 aromatic rings. The van der Waals surface area contributed by atoms with Crippen molar-refractivity contribution in [3.05, 3.63) is 4.91 Å². The van der Waals surface area contributed by atoms with Crippen LogP contribution in [0.25, 0.3) is 0 Å². The fourth-order valence-electron chi connectivity index (χ4n) is 1.41. The van der Waals surface area contributed by atoms with Gasteiger partial charge in [0.1, 0.15) is 0 Å². The highest BCUT2D eigenvalue weighted by molar-refractivity contribution is 5.84. The Kier molecular flexibility index (Phi) is 18.2. The third-order valence-corrected chi connectivity index (χ3v) is 2.58. The van der Waals surface area contributed by atoms with E-state index in [1.807, 2.05) is 13.8 Å². The zero-order valence-electron chi connectivity index (χ0n) is 14.4. The molecule has 0 saturated heterocycles. The molecule has 0 aromatic heterocycles. The molecule has 0 saturated carbocycles. The van der Waals surface area contributed by atoms with Crippen molar-refractivity contribution in [2.24, 2.45) is 5.18 Å². The summed E-state index contributed by atoms with van der Waals surface area (Å²) in [4.78, 5) is 31.6. The summed E-state index contributed by atoms with van der Waals surface area (Å²) in [7, 11) is 0. The van der Waals surface area contributed by atoms with E-state index in [0.717, 1.165) is 19.3 Å². The van der Waals surface area contributed by atoms with Gasteiger partial charge in [-0.15, -0.1) is 0 Å². The molecule has 0 bridgehead atoms. The zero-order valence-corrected chi connectivity index (χ0v) is 14.4. The summed E-state index contributed by atoms with van der Waals surface area (Å²) in [6, 6.07) is 0.375. The van der Waals surface area contributed by atoms with Crippen LogP contribution in [0.2, 0.25) is 0 Å². The number of nitrogens with one attached hydrogen (secondary N) is 3. The fraction of sp³-hybridized carbons (Fsp3) is 0.867. The van der Waals surface area contributed by atoms with E-state index >= 15 is 0 Å². The van der Waals surface area contributed by atoms with Crippen molar-refractivity contribution in [3.8, 4) is 0 Å². The lowest BCUT2D eigenvalue weighted by molar-refractivity contribution is -0.126. The van der Waals surface area contributed by atoms with E-state index < -0.39 is 0 Å². The van der Waals surface area contributed by atoms with Gasteiger partial charge >= 0.3 is 0 Å². The van der Waals surface area contributed by atoms with E-state index in [9.17, 15) is 9.59 Å². The van der Waals surface area contributed by atoms with E-state index in [2.05, 4.69) is 28.1 Å². The Hall–Kier alpha value is -1.50. The molecule has 2 amide bonds. The number of hydrogen-bond acceptors (Lipinski definition) is 5. The summed E-state index contributed by atoms with van der Waals surface area (Å²) < 4.78 is 0. The second-order valence-electron chi connectivity index (χ2n) is 5.14. The van der Waals surface area contributed by atoms with E-state index in [-0.39, 0.29) is 18.4 Å². The second kappa shape index (κ2) is 17.6. The number of amides is 2. The summed E-state index contributed by atoms with van der Waals surface area (Å²) in [6.07, 6.45) is 3.65. The first-order valence-corrected chi connectivity index (χ1v) is 8.03. The Bertz CT molecular complexity index is 297. The van der Waals surface area contributed by atoms with Crippen molar-refractivity contribution < 1.29 is 9.59 Å². The Morgan fingerprint density at radius 1 is 1.00 bits per heavy atom. The van der Waals surface area contributed by atoms with Crippen LogP contribution < -0.4 is 16.0 Å². The molecule has 0 aromatic carbocycles. The second-order valence-corrected chi connectivity index (χ2v) is 5.14. The van der Waals surface area contributed by atoms with Crippen LogP contribution in [0.15, 0.2) is 5.18 Å². The minimum Gasteiger partial charge on any atom is -0.355 e. The SMILES string of the molecule is CCCCCNC(=O)CNC(=O)CCNC(C)C.CCN=O. The topological polar surface area (TPSA) is 99.7 Å². The molecule has 0 radical (unpaired) electrons. The van der Waals surface area contributed by atoms with Gasteiger partial charge in [0, 0.05) is 25.6 Å². The maximum atomic E-state index is 11.4. The standard InChI is InChI=1S/C13H27N3O2.C2H5NO/c1-4-5-6-8-15-13(18)10-16-12(17)7-9-14-11(2)3;1-2-3-4/h11,14H,4-10H2,1-3H3,(H,15,18)(H,16,17);2H2,1H3. The fourth-order valence-corrected chi connectivity index (χ4v) is 1.41. The molecule has 0 rings (SSSR count). The summed E-state index contributed by atoms with van der Waals surface area (Å²) in [5.74, 6) is -0.205. The van der Waals surface area contributed by atoms with Gasteiger partial charge in [-0.25, -0.2) is 0 Å². The van der Waals surface area contributed by atoms with Crippen molar-refractivity contribution in [1.82, 2.24) is 16.0 Å². The van der Waals surface area contributed by atoms with Crippen molar-refractivity contribution in [3.63, 3.8) is 0 Å². The van der Waals surface area contributed by atoms with Crippen molar-refractivity contribution in [1.29, 1.82) is 0 Å². The maximum absolute atomic E-state index is 11.4. The molecule has 7 nitrogen and oxygen atoms in total. The molecule has 0 atom stereocenters. The first kappa shape index (κ1) is 22.8. The van der Waals surface area contributed by atoms with Gasteiger partial charge in [0.15, 0.2) is 0 Å². The lowest BCUT2D eigenvalue weighted by Gasteiger charge is -2.09. The average molecular weight is 316 g/mol. The van der Waals surface area contributed by atoms with Crippen LogP contribution in [0.4, 0.5) is 0 Å². The Morgan fingerprint density at radius 2 is 1.64 bits per heavy atom. The summed E-state index contributed by atoms with van der Waals surface area (Å²) in [6.45, 7) is 9.68. The summed E-state index contributed by atoms with van der Waals surface area (Å²) in [5, 5.41) is 11.0. The first-order chi connectivity index (χ1) is 10.5. The number of rotatable bonds is 11. The van der Waals surface area contributed by atoms with Crippen LogP contribution in [0.5, 0.6) is 0 Å². The minimum absolute atomic E-state index is 0.0760. The number of carbonyl (C=O) groups excluding carboxylic acids is 2.